The van der Waals surface area contributed by atoms with Crippen LogP contribution in [-0.2, 0) is 20.9 Å². The predicted molar refractivity (Wildman–Crippen MR) is 101 cm³/mol. The van der Waals surface area contributed by atoms with Crippen LogP contribution in [0.1, 0.15) is 25.0 Å². The molecule has 0 radical (unpaired) electrons. The summed E-state index contributed by atoms with van der Waals surface area (Å²) >= 11 is 0. The van der Waals surface area contributed by atoms with Crippen LogP contribution >= 0.6 is 0 Å². The highest BCUT2D eigenvalue weighted by molar-refractivity contribution is 5.84. The smallest absolute Gasteiger partial charge is 0.347 e. The van der Waals surface area contributed by atoms with Gasteiger partial charge >= 0.3 is 5.97 Å². The van der Waals surface area contributed by atoms with Gasteiger partial charge in [-0.1, -0.05) is 18.2 Å². The van der Waals surface area contributed by atoms with Crippen LogP contribution in [0.4, 0.5) is 0 Å². The van der Waals surface area contributed by atoms with E-state index in [9.17, 15) is 9.59 Å². The highest BCUT2D eigenvalue weighted by Gasteiger charge is 2.23. The SMILES string of the molecule is Cc1cccc(O[C@H](C)C(=O)O[C@H](C)C(=O)NCc2ccc3c(c2)OCO3)c1. The lowest BCUT2D eigenvalue weighted by molar-refractivity contribution is -0.160. The van der Waals surface area contributed by atoms with Crippen molar-refractivity contribution in [3.8, 4) is 17.2 Å². The number of carbonyl (C=O) groups excluding carboxylic acids is 2. The molecule has 1 aliphatic rings. The number of amides is 1. The Balaban J connectivity index is 1.47. The Hall–Kier alpha value is -3.22. The lowest BCUT2D eigenvalue weighted by Crippen LogP contribution is -2.38. The molecule has 0 aromatic heterocycles. The summed E-state index contributed by atoms with van der Waals surface area (Å²) in [4.78, 5) is 24.4. The highest BCUT2D eigenvalue weighted by atomic mass is 16.7. The van der Waals surface area contributed by atoms with Crippen LogP contribution < -0.4 is 19.5 Å². The number of hydrogen-bond acceptors (Lipinski definition) is 6. The summed E-state index contributed by atoms with van der Waals surface area (Å²) in [5, 5.41) is 2.74. The van der Waals surface area contributed by atoms with E-state index in [1.54, 1.807) is 25.1 Å². The molecule has 7 nitrogen and oxygen atoms in total. The standard InChI is InChI=1S/C21H23NO6/c1-13-5-4-6-17(9-13)27-15(3)21(24)28-14(2)20(23)22-11-16-7-8-18-19(10-16)26-12-25-18/h4-10,14-15H,11-12H2,1-3H3,(H,22,23)/t14-,15-/m1/s1. The first kappa shape index (κ1) is 19.5. The first-order valence-electron chi connectivity index (χ1n) is 9.02. The second kappa shape index (κ2) is 8.65. The number of hydrogen-bond donors (Lipinski definition) is 1. The second-order valence-electron chi connectivity index (χ2n) is 6.56. The van der Waals surface area contributed by atoms with Gasteiger partial charge < -0.3 is 24.3 Å². The molecule has 148 valence electrons. The Labute approximate surface area is 163 Å². The fourth-order valence-electron chi connectivity index (χ4n) is 2.65. The van der Waals surface area contributed by atoms with Crippen molar-refractivity contribution in [3.63, 3.8) is 0 Å². The first-order valence-corrected chi connectivity index (χ1v) is 9.02. The van der Waals surface area contributed by atoms with Crippen molar-refractivity contribution in [1.82, 2.24) is 5.32 Å². The Bertz CT molecular complexity index is 866. The lowest BCUT2D eigenvalue weighted by Gasteiger charge is -2.18. The van der Waals surface area contributed by atoms with E-state index in [4.69, 9.17) is 18.9 Å². The van der Waals surface area contributed by atoms with Gasteiger partial charge in [0.05, 0.1) is 0 Å². The van der Waals surface area contributed by atoms with Crippen molar-refractivity contribution >= 4 is 11.9 Å². The molecule has 1 N–H and O–H groups in total. The summed E-state index contributed by atoms with van der Waals surface area (Å²) in [7, 11) is 0. The largest absolute Gasteiger partial charge is 0.479 e. The van der Waals surface area contributed by atoms with Gasteiger partial charge in [-0.2, -0.15) is 0 Å². The summed E-state index contributed by atoms with van der Waals surface area (Å²) in [5.74, 6) is 0.902. The van der Waals surface area contributed by atoms with Crippen LogP contribution in [0.5, 0.6) is 17.2 Å². The van der Waals surface area contributed by atoms with Crippen LogP contribution in [0, 0.1) is 6.92 Å². The average molecular weight is 385 g/mol. The molecule has 0 saturated carbocycles. The summed E-state index contributed by atoms with van der Waals surface area (Å²) in [5.41, 5.74) is 1.88. The van der Waals surface area contributed by atoms with Crippen molar-refractivity contribution in [2.45, 2.75) is 39.5 Å². The molecule has 7 heteroatoms. The zero-order valence-electron chi connectivity index (χ0n) is 16.1. The maximum atomic E-state index is 12.2. The highest BCUT2D eigenvalue weighted by Crippen LogP contribution is 2.32. The van der Waals surface area contributed by atoms with Gasteiger partial charge in [0, 0.05) is 6.54 Å². The van der Waals surface area contributed by atoms with E-state index in [1.807, 2.05) is 31.2 Å². The molecule has 1 heterocycles. The molecule has 0 aliphatic carbocycles. The van der Waals surface area contributed by atoms with Crippen LogP contribution in [0.25, 0.3) is 0 Å². The molecule has 0 fully saturated rings. The lowest BCUT2D eigenvalue weighted by atomic mass is 10.2. The fourth-order valence-corrected chi connectivity index (χ4v) is 2.65. The number of rotatable bonds is 7. The zero-order chi connectivity index (χ0) is 20.1. The van der Waals surface area contributed by atoms with Gasteiger partial charge in [0.25, 0.3) is 5.91 Å². The van der Waals surface area contributed by atoms with Gasteiger partial charge in [-0.05, 0) is 56.2 Å². The number of ether oxygens (including phenoxy) is 4. The van der Waals surface area contributed by atoms with E-state index in [0.717, 1.165) is 11.1 Å². The fraction of sp³-hybridized carbons (Fsp3) is 0.333. The van der Waals surface area contributed by atoms with E-state index in [1.165, 1.54) is 6.92 Å². The van der Waals surface area contributed by atoms with Gasteiger partial charge in [-0.25, -0.2) is 4.79 Å². The maximum Gasteiger partial charge on any atom is 0.347 e. The maximum absolute atomic E-state index is 12.2. The first-order chi connectivity index (χ1) is 13.4. The Morgan fingerprint density at radius 1 is 1.07 bits per heavy atom. The van der Waals surface area contributed by atoms with Gasteiger partial charge in [0.2, 0.25) is 6.79 Å². The van der Waals surface area contributed by atoms with E-state index in [0.29, 0.717) is 17.2 Å². The zero-order valence-corrected chi connectivity index (χ0v) is 16.1. The summed E-state index contributed by atoms with van der Waals surface area (Å²) < 4.78 is 21.4. The average Bonchev–Trinajstić information content (AvgIpc) is 3.13. The molecule has 3 rings (SSSR count). The molecular weight excluding hydrogens is 362 g/mol. The number of aryl methyl sites for hydroxylation is 1. The Morgan fingerprint density at radius 3 is 2.64 bits per heavy atom. The van der Waals surface area contributed by atoms with Gasteiger partial charge in [-0.3, -0.25) is 4.79 Å². The molecule has 2 aromatic carbocycles. The van der Waals surface area contributed by atoms with Crippen LogP contribution in [-0.4, -0.2) is 30.9 Å². The third-order valence-electron chi connectivity index (χ3n) is 4.20. The third kappa shape index (κ3) is 4.94. The minimum absolute atomic E-state index is 0.195. The van der Waals surface area contributed by atoms with Gasteiger partial charge in [-0.15, -0.1) is 0 Å². The molecule has 2 aromatic rings. The molecule has 1 amide bonds. The molecule has 1 aliphatic heterocycles. The molecule has 0 bridgehead atoms. The van der Waals surface area contributed by atoms with E-state index in [-0.39, 0.29) is 13.3 Å². The number of esters is 1. The van der Waals surface area contributed by atoms with Crippen molar-refractivity contribution in [2.75, 3.05) is 6.79 Å². The predicted octanol–water partition coefficient (Wildman–Crippen LogP) is 2.74. The number of fused-ring (bicyclic) bond motifs is 1. The van der Waals surface area contributed by atoms with Crippen molar-refractivity contribution in [1.29, 1.82) is 0 Å². The number of nitrogens with one attached hydrogen (secondary N) is 1. The minimum atomic E-state index is -0.940. The summed E-state index contributed by atoms with van der Waals surface area (Å²) in [6.07, 6.45) is -1.77. The third-order valence-corrected chi connectivity index (χ3v) is 4.20. The normalized spacial score (nSPS) is 14.1. The minimum Gasteiger partial charge on any atom is -0.479 e. The van der Waals surface area contributed by atoms with Crippen molar-refractivity contribution in [3.05, 3.63) is 53.6 Å². The van der Waals surface area contributed by atoms with Gasteiger partial charge in [0.1, 0.15) is 5.75 Å². The quantitative estimate of drug-likeness (QED) is 0.738. The second-order valence-corrected chi connectivity index (χ2v) is 6.56. The molecule has 0 unspecified atom stereocenters. The van der Waals surface area contributed by atoms with Crippen molar-refractivity contribution < 1.29 is 28.5 Å². The van der Waals surface area contributed by atoms with Crippen molar-refractivity contribution in [2.24, 2.45) is 0 Å². The summed E-state index contributed by atoms with van der Waals surface area (Å²) in [6, 6.07) is 12.8. The van der Waals surface area contributed by atoms with E-state index < -0.39 is 24.1 Å². The van der Waals surface area contributed by atoms with Gasteiger partial charge in [0.15, 0.2) is 23.7 Å². The van der Waals surface area contributed by atoms with E-state index >= 15 is 0 Å². The Morgan fingerprint density at radius 2 is 1.86 bits per heavy atom. The van der Waals surface area contributed by atoms with E-state index in [2.05, 4.69) is 5.32 Å². The summed E-state index contributed by atoms with van der Waals surface area (Å²) in [6.45, 7) is 5.52. The molecular formula is C21H23NO6. The molecule has 28 heavy (non-hydrogen) atoms. The van der Waals surface area contributed by atoms with Crippen LogP contribution in [0.2, 0.25) is 0 Å². The Kier molecular flexibility index (Phi) is 6.03. The number of carbonyl (C=O) groups is 2. The molecule has 0 spiro atoms. The van der Waals surface area contributed by atoms with Crippen LogP contribution in [0.3, 0.4) is 0 Å². The monoisotopic (exact) mass is 385 g/mol. The number of benzene rings is 2. The molecule has 0 saturated heterocycles. The van der Waals surface area contributed by atoms with Crippen LogP contribution in [0.15, 0.2) is 42.5 Å². The molecule has 2 atom stereocenters. The topological polar surface area (TPSA) is 83.1 Å².